The van der Waals surface area contributed by atoms with Gasteiger partial charge >= 0.3 is 0 Å². The molecule has 3 heterocycles. The minimum absolute atomic E-state index is 0.214. The van der Waals surface area contributed by atoms with Gasteiger partial charge in [-0.05, 0) is 33.4 Å². The highest BCUT2D eigenvalue weighted by molar-refractivity contribution is 5.04. The van der Waals surface area contributed by atoms with Crippen LogP contribution in [0.2, 0.25) is 0 Å². The first-order valence-corrected chi connectivity index (χ1v) is 8.70. The van der Waals surface area contributed by atoms with Crippen LogP contribution in [0.5, 0.6) is 0 Å². The fourth-order valence-electron chi connectivity index (χ4n) is 3.34. The van der Waals surface area contributed by atoms with Crippen molar-refractivity contribution in [3.63, 3.8) is 0 Å². The predicted molar refractivity (Wildman–Crippen MR) is 90.6 cm³/mol. The van der Waals surface area contributed by atoms with Crippen molar-refractivity contribution in [2.24, 2.45) is 0 Å². The molecule has 1 saturated heterocycles. The van der Waals surface area contributed by atoms with Crippen molar-refractivity contribution in [3.8, 4) is 0 Å². The maximum Gasteiger partial charge on any atom is 0.226 e. The quantitative estimate of drug-likeness (QED) is 0.718. The second-order valence-electron chi connectivity index (χ2n) is 6.76. The molecule has 136 valence electrons. The summed E-state index contributed by atoms with van der Waals surface area (Å²) < 4.78 is 19.1. The van der Waals surface area contributed by atoms with E-state index in [0.29, 0.717) is 31.2 Å². The molecule has 1 aliphatic rings. The van der Waals surface area contributed by atoms with Gasteiger partial charge in [0.1, 0.15) is 12.5 Å². The molecule has 0 radical (unpaired) electrons. The smallest absolute Gasteiger partial charge is 0.226 e. The average molecular weight is 348 g/mol. The Morgan fingerprint density at radius 2 is 2.16 bits per heavy atom. The lowest BCUT2D eigenvalue weighted by atomic mass is 10.2. The first-order valence-electron chi connectivity index (χ1n) is 8.70. The Kier molecular flexibility index (Phi) is 6.04. The van der Waals surface area contributed by atoms with Crippen LogP contribution >= 0.6 is 0 Å². The van der Waals surface area contributed by atoms with Crippen LogP contribution in [0.1, 0.15) is 30.1 Å². The summed E-state index contributed by atoms with van der Waals surface area (Å²) in [4.78, 5) is 16.7. The van der Waals surface area contributed by atoms with E-state index < -0.39 is 6.17 Å². The number of halogens is 1. The van der Waals surface area contributed by atoms with E-state index in [2.05, 4.69) is 37.0 Å². The summed E-state index contributed by atoms with van der Waals surface area (Å²) >= 11 is 0. The standard InChI is InChI=1S/C17H25FN6O/c1-13-21-17(25-22-13)4-3-5-23(2)11-16-6-15(18)10-24(16)9-14-7-19-12-20-8-14/h7-8,12,15-16H,3-6,9-11H2,1-2H3/t15-,16-/m0/s1. The molecule has 2 atom stereocenters. The number of aromatic nitrogens is 4. The van der Waals surface area contributed by atoms with Gasteiger partial charge in [-0.25, -0.2) is 14.4 Å². The Hall–Kier alpha value is -1.93. The number of nitrogens with zero attached hydrogens (tertiary/aromatic N) is 6. The highest BCUT2D eigenvalue weighted by atomic mass is 19.1. The molecule has 0 bridgehead atoms. The third-order valence-electron chi connectivity index (χ3n) is 4.50. The van der Waals surface area contributed by atoms with Crippen molar-refractivity contribution in [1.82, 2.24) is 29.9 Å². The van der Waals surface area contributed by atoms with Gasteiger partial charge < -0.3 is 9.42 Å². The number of hydrogen-bond acceptors (Lipinski definition) is 7. The molecule has 8 heteroatoms. The van der Waals surface area contributed by atoms with E-state index in [0.717, 1.165) is 31.5 Å². The summed E-state index contributed by atoms with van der Waals surface area (Å²) in [6.07, 6.45) is 6.65. The molecule has 0 unspecified atom stereocenters. The zero-order valence-corrected chi connectivity index (χ0v) is 14.8. The Bertz CT molecular complexity index is 652. The SMILES string of the molecule is Cc1noc(CCCN(C)C[C@@H]2C[C@H](F)CN2Cc2cncnc2)n1. The number of likely N-dealkylation sites (N-methyl/N-ethyl adjacent to an activating group) is 1. The Morgan fingerprint density at radius 1 is 1.36 bits per heavy atom. The van der Waals surface area contributed by atoms with Crippen LogP contribution in [0.25, 0.3) is 0 Å². The summed E-state index contributed by atoms with van der Waals surface area (Å²) in [6, 6.07) is 0.214. The monoisotopic (exact) mass is 348 g/mol. The second kappa shape index (κ2) is 8.44. The van der Waals surface area contributed by atoms with E-state index >= 15 is 0 Å². The van der Waals surface area contributed by atoms with Crippen molar-refractivity contribution in [2.45, 2.75) is 44.9 Å². The highest BCUT2D eigenvalue weighted by Gasteiger charge is 2.32. The lowest BCUT2D eigenvalue weighted by molar-refractivity contribution is 0.182. The largest absolute Gasteiger partial charge is 0.339 e. The van der Waals surface area contributed by atoms with Gasteiger partial charge in [-0.2, -0.15) is 4.98 Å². The second-order valence-corrected chi connectivity index (χ2v) is 6.76. The molecule has 0 aliphatic carbocycles. The van der Waals surface area contributed by atoms with Gasteiger partial charge in [-0.3, -0.25) is 4.90 Å². The van der Waals surface area contributed by atoms with E-state index in [1.807, 2.05) is 6.92 Å². The van der Waals surface area contributed by atoms with E-state index in [-0.39, 0.29) is 6.04 Å². The lowest BCUT2D eigenvalue weighted by Gasteiger charge is -2.28. The molecule has 1 aliphatic heterocycles. The fourth-order valence-corrected chi connectivity index (χ4v) is 3.34. The van der Waals surface area contributed by atoms with Gasteiger partial charge in [0.25, 0.3) is 0 Å². The molecule has 3 rings (SSSR count). The van der Waals surface area contributed by atoms with E-state index in [1.54, 1.807) is 12.4 Å². The number of alkyl halides is 1. The zero-order valence-electron chi connectivity index (χ0n) is 14.8. The predicted octanol–water partition coefficient (Wildman–Crippen LogP) is 1.65. The summed E-state index contributed by atoms with van der Waals surface area (Å²) in [7, 11) is 2.08. The Balaban J connectivity index is 1.46. The molecule has 0 spiro atoms. The maximum absolute atomic E-state index is 13.9. The number of aryl methyl sites for hydroxylation is 2. The topological polar surface area (TPSA) is 71.2 Å². The molecule has 2 aromatic heterocycles. The molecule has 2 aromatic rings. The summed E-state index contributed by atoms with van der Waals surface area (Å²) in [6.45, 7) is 4.75. The van der Waals surface area contributed by atoms with Gasteiger partial charge in [-0.1, -0.05) is 5.16 Å². The van der Waals surface area contributed by atoms with Gasteiger partial charge in [0, 0.05) is 50.1 Å². The molecule has 7 nitrogen and oxygen atoms in total. The van der Waals surface area contributed by atoms with Crippen LogP contribution < -0.4 is 0 Å². The van der Waals surface area contributed by atoms with Crippen LogP contribution in [0.4, 0.5) is 4.39 Å². The molecule has 1 fully saturated rings. The molecule has 0 saturated carbocycles. The third kappa shape index (κ3) is 5.27. The van der Waals surface area contributed by atoms with Crippen molar-refractivity contribution < 1.29 is 8.91 Å². The number of likely N-dealkylation sites (tertiary alicyclic amines) is 1. The minimum Gasteiger partial charge on any atom is -0.339 e. The summed E-state index contributed by atoms with van der Waals surface area (Å²) in [5.74, 6) is 1.35. The van der Waals surface area contributed by atoms with Crippen LogP contribution in [0.3, 0.4) is 0 Å². The van der Waals surface area contributed by atoms with E-state index in [4.69, 9.17) is 4.52 Å². The van der Waals surface area contributed by atoms with Crippen molar-refractivity contribution >= 4 is 0 Å². The molecule has 25 heavy (non-hydrogen) atoms. The Morgan fingerprint density at radius 3 is 2.88 bits per heavy atom. The first kappa shape index (κ1) is 17.9. The van der Waals surface area contributed by atoms with Gasteiger partial charge in [-0.15, -0.1) is 0 Å². The molecule has 0 amide bonds. The van der Waals surface area contributed by atoms with Gasteiger partial charge in [0.05, 0.1) is 0 Å². The van der Waals surface area contributed by atoms with Crippen LogP contribution in [-0.4, -0.2) is 68.8 Å². The van der Waals surface area contributed by atoms with Crippen LogP contribution in [0.15, 0.2) is 23.2 Å². The first-order chi connectivity index (χ1) is 12.1. The van der Waals surface area contributed by atoms with Crippen molar-refractivity contribution in [2.75, 3.05) is 26.7 Å². The highest BCUT2D eigenvalue weighted by Crippen LogP contribution is 2.23. The molecule has 0 aromatic carbocycles. The molecular weight excluding hydrogens is 323 g/mol. The zero-order chi connectivity index (χ0) is 17.6. The number of hydrogen-bond donors (Lipinski definition) is 0. The fraction of sp³-hybridized carbons (Fsp3) is 0.647. The lowest BCUT2D eigenvalue weighted by Crippen LogP contribution is -2.39. The molecule has 0 N–H and O–H groups in total. The van der Waals surface area contributed by atoms with Gasteiger partial charge in [0.2, 0.25) is 5.89 Å². The average Bonchev–Trinajstić information content (AvgIpc) is 3.14. The minimum atomic E-state index is -0.760. The maximum atomic E-state index is 13.9. The molecular formula is C17H25FN6O. The Labute approximate surface area is 147 Å². The number of rotatable bonds is 8. The third-order valence-corrected chi connectivity index (χ3v) is 4.50. The van der Waals surface area contributed by atoms with E-state index in [9.17, 15) is 4.39 Å². The summed E-state index contributed by atoms with van der Waals surface area (Å²) in [5.41, 5.74) is 1.02. The summed E-state index contributed by atoms with van der Waals surface area (Å²) in [5, 5.41) is 3.80. The van der Waals surface area contributed by atoms with Crippen LogP contribution in [-0.2, 0) is 13.0 Å². The van der Waals surface area contributed by atoms with Gasteiger partial charge in [0.15, 0.2) is 5.82 Å². The van der Waals surface area contributed by atoms with Crippen molar-refractivity contribution in [3.05, 3.63) is 36.0 Å². The van der Waals surface area contributed by atoms with Crippen molar-refractivity contribution in [1.29, 1.82) is 0 Å². The van der Waals surface area contributed by atoms with E-state index in [1.165, 1.54) is 6.33 Å². The normalized spacial score (nSPS) is 21.3. The van der Waals surface area contributed by atoms with Crippen LogP contribution in [0, 0.1) is 6.92 Å².